The van der Waals surface area contributed by atoms with Crippen LogP contribution in [-0.2, 0) is 11.2 Å². The summed E-state index contributed by atoms with van der Waals surface area (Å²) >= 11 is 0. The monoisotopic (exact) mass is 339 g/mol. The van der Waals surface area contributed by atoms with Crippen molar-refractivity contribution in [2.24, 2.45) is 0 Å². The summed E-state index contributed by atoms with van der Waals surface area (Å²) in [5.74, 6) is 0.971. The maximum atomic E-state index is 12.4. The third-order valence-electron chi connectivity index (χ3n) is 4.78. The third kappa shape index (κ3) is 5.09. The van der Waals surface area contributed by atoms with Gasteiger partial charge in [-0.05, 0) is 67.5 Å². The fourth-order valence-corrected chi connectivity index (χ4v) is 3.02. The zero-order valence-corrected chi connectivity index (χ0v) is 16.0. The van der Waals surface area contributed by atoms with Gasteiger partial charge in [0.25, 0.3) is 0 Å². The van der Waals surface area contributed by atoms with Crippen LogP contribution in [-0.4, -0.2) is 13.0 Å². The van der Waals surface area contributed by atoms with Crippen LogP contribution >= 0.6 is 0 Å². The topological polar surface area (TPSA) is 38.3 Å². The molecule has 0 heterocycles. The van der Waals surface area contributed by atoms with Crippen LogP contribution in [0.3, 0.4) is 0 Å². The molecule has 3 heteroatoms. The Balaban J connectivity index is 1.97. The van der Waals surface area contributed by atoms with Gasteiger partial charge in [-0.25, -0.2) is 0 Å². The average molecular weight is 339 g/mol. The number of carbonyl (C=O) groups excluding carboxylic acids is 1. The lowest BCUT2D eigenvalue weighted by atomic mass is 10.0. The number of rotatable bonds is 7. The van der Waals surface area contributed by atoms with E-state index in [1.807, 2.05) is 19.1 Å². The molecule has 0 fully saturated rings. The normalized spacial score (nSPS) is 11.9. The summed E-state index contributed by atoms with van der Waals surface area (Å²) in [6, 6.07) is 12.5. The van der Waals surface area contributed by atoms with Crippen LogP contribution in [0.5, 0.6) is 5.75 Å². The molecule has 0 saturated heterocycles. The second-order valence-corrected chi connectivity index (χ2v) is 6.68. The molecule has 0 saturated carbocycles. The van der Waals surface area contributed by atoms with Crippen molar-refractivity contribution in [1.82, 2.24) is 5.32 Å². The molecular formula is C22H29NO2. The van der Waals surface area contributed by atoms with Crippen molar-refractivity contribution in [3.63, 3.8) is 0 Å². The van der Waals surface area contributed by atoms with Gasteiger partial charge in [-0.3, -0.25) is 4.79 Å². The number of nitrogens with one attached hydrogen (secondary N) is 1. The Morgan fingerprint density at radius 2 is 1.80 bits per heavy atom. The predicted octanol–water partition coefficient (Wildman–Crippen LogP) is 4.82. The molecule has 0 radical (unpaired) electrons. The molecule has 2 rings (SSSR count). The molecule has 1 atom stereocenters. The van der Waals surface area contributed by atoms with Crippen LogP contribution in [0.2, 0.25) is 0 Å². The Morgan fingerprint density at radius 1 is 1.04 bits per heavy atom. The molecule has 0 bridgehead atoms. The lowest BCUT2D eigenvalue weighted by Crippen LogP contribution is -2.28. The molecule has 25 heavy (non-hydrogen) atoms. The quantitative estimate of drug-likeness (QED) is 0.785. The Bertz CT molecular complexity index is 737. The number of carbonyl (C=O) groups is 1. The van der Waals surface area contributed by atoms with Gasteiger partial charge in [0, 0.05) is 6.42 Å². The summed E-state index contributed by atoms with van der Waals surface area (Å²) in [7, 11) is 1.67. The minimum atomic E-state index is 0.0388. The highest BCUT2D eigenvalue weighted by molar-refractivity contribution is 5.76. The van der Waals surface area contributed by atoms with Gasteiger partial charge in [0.05, 0.1) is 13.2 Å². The van der Waals surface area contributed by atoms with Crippen LogP contribution in [0.15, 0.2) is 36.4 Å². The number of hydrogen-bond donors (Lipinski definition) is 1. The van der Waals surface area contributed by atoms with Crippen molar-refractivity contribution in [2.45, 2.75) is 53.0 Å². The summed E-state index contributed by atoms with van der Waals surface area (Å²) in [5, 5.41) is 3.16. The largest absolute Gasteiger partial charge is 0.496 e. The number of aryl methyl sites for hydroxylation is 4. The van der Waals surface area contributed by atoms with E-state index >= 15 is 0 Å². The van der Waals surface area contributed by atoms with Crippen molar-refractivity contribution in [2.75, 3.05) is 7.11 Å². The fraction of sp³-hybridized carbons (Fsp3) is 0.409. The summed E-state index contributed by atoms with van der Waals surface area (Å²) in [6.45, 7) is 8.33. The van der Waals surface area contributed by atoms with Crippen LogP contribution in [0.1, 0.15) is 53.6 Å². The van der Waals surface area contributed by atoms with Crippen LogP contribution in [0.4, 0.5) is 0 Å². The molecule has 0 spiro atoms. The Labute approximate surface area is 151 Å². The SMILES string of the molecule is CC[C@H](NC(=O)CCc1ccc(C)c(C)c1)c1ccc(OC)c(C)c1. The first-order valence-electron chi connectivity index (χ1n) is 8.94. The molecule has 3 nitrogen and oxygen atoms in total. The van der Waals surface area contributed by atoms with E-state index < -0.39 is 0 Å². The Hall–Kier alpha value is -2.29. The van der Waals surface area contributed by atoms with Gasteiger partial charge in [-0.1, -0.05) is 37.3 Å². The molecule has 2 aromatic rings. The first-order chi connectivity index (χ1) is 11.9. The lowest BCUT2D eigenvalue weighted by molar-refractivity contribution is -0.121. The molecule has 0 aliphatic rings. The van der Waals surface area contributed by atoms with E-state index in [0.29, 0.717) is 6.42 Å². The fourth-order valence-electron chi connectivity index (χ4n) is 3.02. The van der Waals surface area contributed by atoms with Crippen LogP contribution in [0, 0.1) is 20.8 Å². The number of ether oxygens (including phenoxy) is 1. The van der Waals surface area contributed by atoms with Gasteiger partial charge in [-0.15, -0.1) is 0 Å². The van der Waals surface area contributed by atoms with Crippen molar-refractivity contribution in [3.8, 4) is 5.75 Å². The molecule has 1 amide bonds. The smallest absolute Gasteiger partial charge is 0.220 e. The van der Waals surface area contributed by atoms with Crippen LogP contribution in [0.25, 0.3) is 0 Å². The van der Waals surface area contributed by atoms with Gasteiger partial charge in [0.1, 0.15) is 5.75 Å². The van der Waals surface area contributed by atoms with Crippen molar-refractivity contribution >= 4 is 5.91 Å². The Morgan fingerprint density at radius 3 is 2.40 bits per heavy atom. The summed E-state index contributed by atoms with van der Waals surface area (Å²) < 4.78 is 5.31. The van der Waals surface area contributed by atoms with E-state index in [1.165, 1.54) is 16.7 Å². The van der Waals surface area contributed by atoms with E-state index in [1.54, 1.807) is 7.11 Å². The highest BCUT2D eigenvalue weighted by Crippen LogP contribution is 2.24. The minimum Gasteiger partial charge on any atom is -0.496 e. The van der Waals surface area contributed by atoms with E-state index in [4.69, 9.17) is 4.74 Å². The van der Waals surface area contributed by atoms with E-state index in [-0.39, 0.29) is 11.9 Å². The molecular weight excluding hydrogens is 310 g/mol. The van der Waals surface area contributed by atoms with Crippen molar-refractivity contribution in [1.29, 1.82) is 0 Å². The molecule has 0 aliphatic heterocycles. The van der Waals surface area contributed by atoms with Gasteiger partial charge < -0.3 is 10.1 Å². The third-order valence-corrected chi connectivity index (χ3v) is 4.78. The van der Waals surface area contributed by atoms with Crippen LogP contribution < -0.4 is 10.1 Å². The molecule has 134 valence electrons. The first kappa shape index (κ1) is 19.0. The molecule has 1 N–H and O–H groups in total. The number of methoxy groups -OCH3 is 1. The van der Waals surface area contributed by atoms with Gasteiger partial charge in [-0.2, -0.15) is 0 Å². The number of benzene rings is 2. The summed E-state index contributed by atoms with van der Waals surface area (Å²) in [5.41, 5.74) is 5.99. The van der Waals surface area contributed by atoms with E-state index in [0.717, 1.165) is 29.7 Å². The maximum Gasteiger partial charge on any atom is 0.220 e. The molecule has 0 aliphatic carbocycles. The summed E-state index contributed by atoms with van der Waals surface area (Å²) in [6.07, 6.45) is 2.14. The molecule has 0 unspecified atom stereocenters. The van der Waals surface area contributed by atoms with Gasteiger partial charge >= 0.3 is 0 Å². The highest BCUT2D eigenvalue weighted by Gasteiger charge is 2.14. The Kier molecular flexibility index (Phi) is 6.63. The number of amides is 1. The minimum absolute atomic E-state index is 0.0388. The average Bonchev–Trinajstić information content (AvgIpc) is 2.60. The number of hydrogen-bond acceptors (Lipinski definition) is 2. The van der Waals surface area contributed by atoms with E-state index in [2.05, 4.69) is 50.4 Å². The predicted molar refractivity (Wildman–Crippen MR) is 103 cm³/mol. The summed E-state index contributed by atoms with van der Waals surface area (Å²) in [4.78, 5) is 12.4. The molecule has 0 aromatic heterocycles. The lowest BCUT2D eigenvalue weighted by Gasteiger charge is -2.19. The van der Waals surface area contributed by atoms with Gasteiger partial charge in [0.15, 0.2) is 0 Å². The standard InChI is InChI=1S/C22H29NO2/c1-6-20(19-10-11-21(25-5)17(4)14-19)23-22(24)12-9-18-8-7-15(2)16(3)13-18/h7-8,10-11,13-14,20H,6,9,12H2,1-5H3,(H,23,24)/t20-/m0/s1. The maximum absolute atomic E-state index is 12.4. The second kappa shape index (κ2) is 8.70. The van der Waals surface area contributed by atoms with Gasteiger partial charge in [0.2, 0.25) is 5.91 Å². The zero-order valence-electron chi connectivity index (χ0n) is 16.0. The highest BCUT2D eigenvalue weighted by atomic mass is 16.5. The molecule has 2 aromatic carbocycles. The van der Waals surface area contributed by atoms with Crippen molar-refractivity contribution < 1.29 is 9.53 Å². The second-order valence-electron chi connectivity index (χ2n) is 6.68. The first-order valence-corrected chi connectivity index (χ1v) is 8.94. The van der Waals surface area contributed by atoms with E-state index in [9.17, 15) is 4.79 Å². The van der Waals surface area contributed by atoms with Crippen molar-refractivity contribution in [3.05, 3.63) is 64.2 Å². The zero-order chi connectivity index (χ0) is 18.4.